The lowest BCUT2D eigenvalue weighted by Crippen LogP contribution is -2.51. The van der Waals surface area contributed by atoms with E-state index in [4.69, 9.17) is 5.11 Å². The van der Waals surface area contributed by atoms with Gasteiger partial charge in [0.2, 0.25) is 5.91 Å². The predicted octanol–water partition coefficient (Wildman–Crippen LogP) is 2.17. The number of nitrogens with one attached hydrogen (secondary N) is 1. The van der Waals surface area contributed by atoms with Crippen molar-refractivity contribution in [2.75, 3.05) is 38.5 Å². The van der Waals surface area contributed by atoms with E-state index in [1.807, 2.05) is 25.1 Å². The summed E-state index contributed by atoms with van der Waals surface area (Å²) in [7, 11) is 2.09. The summed E-state index contributed by atoms with van der Waals surface area (Å²) in [5, 5.41) is 12.8. The molecule has 2 N–H and O–H groups in total. The van der Waals surface area contributed by atoms with E-state index in [1.165, 1.54) is 11.3 Å². The molecule has 1 aliphatic heterocycles. The molecule has 1 aliphatic rings. The number of benzene rings is 1. The maximum absolute atomic E-state index is 12.5. The Bertz CT molecular complexity index is 766. The second-order valence-electron chi connectivity index (χ2n) is 6.17. The highest BCUT2D eigenvalue weighted by atomic mass is 32.1. The zero-order chi connectivity index (χ0) is 17.3. The highest BCUT2D eigenvalue weighted by Gasteiger charge is 2.24. The van der Waals surface area contributed by atoms with Gasteiger partial charge in [0.05, 0.1) is 6.04 Å². The van der Waals surface area contributed by atoms with Gasteiger partial charge in [0.1, 0.15) is 4.88 Å². The number of carbonyl (C=O) groups excluding carboxylic acids is 1. The molecule has 0 aliphatic carbocycles. The van der Waals surface area contributed by atoms with Crippen LogP contribution in [0.1, 0.15) is 16.6 Å². The SMILES string of the molecule is CC(C(=O)Nc1ccc2sc(C(=O)O)cc2c1)N1CCN(C)CC1. The van der Waals surface area contributed by atoms with Gasteiger partial charge in [0.15, 0.2) is 0 Å². The van der Waals surface area contributed by atoms with Gasteiger partial charge >= 0.3 is 5.97 Å². The van der Waals surface area contributed by atoms with Crippen molar-refractivity contribution in [2.45, 2.75) is 13.0 Å². The van der Waals surface area contributed by atoms with Gasteiger partial charge in [-0.05, 0) is 43.6 Å². The van der Waals surface area contributed by atoms with Gasteiger partial charge in [0, 0.05) is 36.6 Å². The molecule has 0 bridgehead atoms. The molecule has 0 spiro atoms. The molecule has 1 aromatic heterocycles. The summed E-state index contributed by atoms with van der Waals surface area (Å²) >= 11 is 1.24. The van der Waals surface area contributed by atoms with Crippen molar-refractivity contribution >= 4 is 39.0 Å². The van der Waals surface area contributed by atoms with Crippen molar-refractivity contribution in [2.24, 2.45) is 0 Å². The smallest absolute Gasteiger partial charge is 0.345 e. The van der Waals surface area contributed by atoms with Crippen LogP contribution in [-0.4, -0.2) is 66.1 Å². The van der Waals surface area contributed by atoms with Gasteiger partial charge in [0.25, 0.3) is 0 Å². The topological polar surface area (TPSA) is 72.9 Å². The molecule has 7 heteroatoms. The standard InChI is InChI=1S/C17H21N3O3S/c1-11(20-7-5-19(2)6-8-20)16(21)18-13-3-4-14-12(9-13)10-15(24-14)17(22)23/h3-4,9-11H,5-8H2,1-2H3,(H,18,21)(H,22,23). The van der Waals surface area contributed by atoms with Crippen molar-refractivity contribution in [3.63, 3.8) is 0 Å². The fraction of sp³-hybridized carbons (Fsp3) is 0.412. The normalized spacial score (nSPS) is 17.8. The molecule has 1 aromatic carbocycles. The minimum atomic E-state index is -0.925. The number of fused-ring (bicyclic) bond motifs is 1. The summed E-state index contributed by atoms with van der Waals surface area (Å²) in [6.07, 6.45) is 0. The van der Waals surface area contributed by atoms with Gasteiger partial charge in [-0.15, -0.1) is 11.3 Å². The van der Waals surface area contributed by atoms with Gasteiger partial charge in [-0.25, -0.2) is 4.79 Å². The summed E-state index contributed by atoms with van der Waals surface area (Å²) < 4.78 is 0.900. The average Bonchev–Trinajstić information content (AvgIpc) is 2.98. The Morgan fingerprint density at radius 1 is 1.21 bits per heavy atom. The number of piperazine rings is 1. The van der Waals surface area contributed by atoms with Crippen LogP contribution in [0.3, 0.4) is 0 Å². The van der Waals surface area contributed by atoms with E-state index in [-0.39, 0.29) is 11.9 Å². The predicted molar refractivity (Wildman–Crippen MR) is 95.9 cm³/mol. The van der Waals surface area contributed by atoms with Crippen LogP contribution in [0.4, 0.5) is 5.69 Å². The van der Waals surface area contributed by atoms with Gasteiger partial charge in [-0.1, -0.05) is 0 Å². The Hall–Kier alpha value is -1.96. The van der Waals surface area contributed by atoms with Crippen molar-refractivity contribution < 1.29 is 14.7 Å². The van der Waals surface area contributed by atoms with Crippen LogP contribution in [0, 0.1) is 0 Å². The minimum absolute atomic E-state index is 0.0346. The average molecular weight is 347 g/mol. The number of aromatic carboxylic acids is 1. The third kappa shape index (κ3) is 3.58. The fourth-order valence-electron chi connectivity index (χ4n) is 2.85. The summed E-state index contributed by atoms with van der Waals surface area (Å²) in [4.78, 5) is 28.3. The van der Waals surface area contributed by atoms with Crippen molar-refractivity contribution in [3.05, 3.63) is 29.1 Å². The van der Waals surface area contributed by atoms with E-state index < -0.39 is 5.97 Å². The summed E-state index contributed by atoms with van der Waals surface area (Å²) in [5.41, 5.74) is 0.697. The number of hydrogen-bond donors (Lipinski definition) is 2. The van der Waals surface area contributed by atoms with E-state index in [9.17, 15) is 9.59 Å². The van der Waals surface area contributed by atoms with Gasteiger partial charge in [-0.3, -0.25) is 9.69 Å². The van der Waals surface area contributed by atoms with E-state index in [0.717, 1.165) is 36.3 Å². The zero-order valence-corrected chi connectivity index (χ0v) is 14.6. The number of hydrogen-bond acceptors (Lipinski definition) is 5. The number of nitrogens with zero attached hydrogens (tertiary/aromatic N) is 2. The Balaban J connectivity index is 1.69. The molecule has 128 valence electrons. The first-order valence-corrected chi connectivity index (χ1v) is 8.76. The lowest BCUT2D eigenvalue weighted by molar-refractivity contribution is -0.121. The Kier molecular flexibility index (Phi) is 4.84. The molecule has 3 rings (SSSR count). The number of carbonyl (C=O) groups is 2. The third-order valence-electron chi connectivity index (χ3n) is 4.46. The van der Waals surface area contributed by atoms with Crippen LogP contribution in [0.25, 0.3) is 10.1 Å². The second-order valence-corrected chi connectivity index (χ2v) is 7.26. The molecule has 24 heavy (non-hydrogen) atoms. The first kappa shape index (κ1) is 16.9. The quantitative estimate of drug-likeness (QED) is 0.887. The summed E-state index contributed by atoms with van der Waals surface area (Å²) in [5.74, 6) is -0.960. The molecular formula is C17H21N3O3S. The molecule has 2 aromatic rings. The molecular weight excluding hydrogens is 326 g/mol. The maximum Gasteiger partial charge on any atom is 0.345 e. The molecule has 1 amide bonds. The molecule has 1 atom stereocenters. The molecule has 1 saturated heterocycles. The second kappa shape index (κ2) is 6.88. The molecule has 2 heterocycles. The molecule has 0 radical (unpaired) electrons. The highest BCUT2D eigenvalue weighted by molar-refractivity contribution is 7.20. The number of amides is 1. The first-order valence-electron chi connectivity index (χ1n) is 7.94. The fourth-order valence-corrected chi connectivity index (χ4v) is 3.73. The third-order valence-corrected chi connectivity index (χ3v) is 5.56. The zero-order valence-electron chi connectivity index (χ0n) is 13.8. The Morgan fingerprint density at radius 3 is 2.58 bits per heavy atom. The molecule has 1 fully saturated rings. The Labute approximate surface area is 144 Å². The van der Waals surface area contributed by atoms with Crippen LogP contribution in [0.2, 0.25) is 0 Å². The highest BCUT2D eigenvalue weighted by Crippen LogP contribution is 2.28. The van der Waals surface area contributed by atoms with Crippen LogP contribution < -0.4 is 5.32 Å². The van der Waals surface area contributed by atoms with Crippen molar-refractivity contribution in [1.82, 2.24) is 9.80 Å². The van der Waals surface area contributed by atoms with Gasteiger partial charge in [-0.2, -0.15) is 0 Å². The van der Waals surface area contributed by atoms with E-state index in [1.54, 1.807) is 6.07 Å². The number of likely N-dealkylation sites (N-methyl/N-ethyl adjacent to an activating group) is 1. The lowest BCUT2D eigenvalue weighted by Gasteiger charge is -2.35. The largest absolute Gasteiger partial charge is 0.477 e. The molecule has 0 saturated carbocycles. The van der Waals surface area contributed by atoms with Gasteiger partial charge < -0.3 is 15.3 Å². The van der Waals surface area contributed by atoms with E-state index >= 15 is 0 Å². The summed E-state index contributed by atoms with van der Waals surface area (Å²) in [6.45, 7) is 5.63. The van der Waals surface area contributed by atoms with Crippen molar-refractivity contribution in [1.29, 1.82) is 0 Å². The lowest BCUT2D eigenvalue weighted by atomic mass is 10.2. The minimum Gasteiger partial charge on any atom is -0.477 e. The number of rotatable bonds is 4. The van der Waals surface area contributed by atoms with E-state index in [2.05, 4.69) is 22.2 Å². The van der Waals surface area contributed by atoms with E-state index in [0.29, 0.717) is 10.6 Å². The van der Waals surface area contributed by atoms with Crippen LogP contribution in [-0.2, 0) is 4.79 Å². The number of carboxylic acid groups (broad SMARTS) is 1. The molecule has 6 nitrogen and oxygen atoms in total. The summed E-state index contributed by atoms with van der Waals surface area (Å²) in [6, 6.07) is 6.95. The number of thiophene rings is 1. The Morgan fingerprint density at radius 2 is 1.92 bits per heavy atom. The van der Waals surface area contributed by atoms with Crippen LogP contribution >= 0.6 is 11.3 Å². The van der Waals surface area contributed by atoms with Crippen LogP contribution in [0.15, 0.2) is 24.3 Å². The number of carboxylic acids is 1. The monoisotopic (exact) mass is 347 g/mol. The van der Waals surface area contributed by atoms with Crippen LogP contribution in [0.5, 0.6) is 0 Å². The van der Waals surface area contributed by atoms with Crippen molar-refractivity contribution in [3.8, 4) is 0 Å². The first-order chi connectivity index (χ1) is 11.4. The number of anilines is 1. The maximum atomic E-state index is 12.5. The molecule has 1 unspecified atom stereocenters.